The SMILES string of the molecule is CC(C)(C)Cn1c(NC(=O)c2cccc(C(F)(F)F)c2)nc2cc(N3CCCOC3=O)ccc21.O=C(Nc1nc2cc(N3CCCOC3=O)ccc2n1C1CC1)c1cccc(C(F)(F)F)c1.O=C(Nc1nc2cc(N3CCCOC3=O)ccc2n1C1CCCC1)c1cccc(C(F)(F)F)c1.O=C(Nc1nc2cc(N3CCCOC3=O)ccc2n1CC1(C(=O)O)CC1)c1cccc(C(F)(F)F)c1. The van der Waals surface area contributed by atoms with E-state index in [0.29, 0.717) is 135 Å². The number of ether oxygens (including phenoxy) is 4. The lowest BCUT2D eigenvalue weighted by Crippen LogP contribution is -2.37. The van der Waals surface area contributed by atoms with Crippen LogP contribution in [0.1, 0.15) is 174 Å². The fourth-order valence-corrected chi connectivity index (χ4v) is 16.6. The minimum absolute atomic E-state index is 0.00157. The van der Waals surface area contributed by atoms with Gasteiger partial charge in [0.2, 0.25) is 23.8 Å². The first-order valence-corrected chi connectivity index (χ1v) is 43.6. The predicted molar refractivity (Wildman–Crippen MR) is 474 cm³/mol. The molecule has 0 atom stereocenters. The van der Waals surface area contributed by atoms with E-state index < -0.39 is 106 Å². The summed E-state index contributed by atoms with van der Waals surface area (Å²) < 4.78 is 185. The molecule has 30 nitrogen and oxygen atoms in total. The van der Waals surface area contributed by atoms with Gasteiger partial charge in [0.15, 0.2) is 0 Å². The van der Waals surface area contributed by atoms with Crippen LogP contribution in [0.4, 0.5) is 118 Å². The van der Waals surface area contributed by atoms with Crippen LogP contribution in [0.2, 0.25) is 0 Å². The van der Waals surface area contributed by atoms with Crippen LogP contribution in [-0.4, -0.2) is 150 Å². The average molecular weight is 1890 g/mol. The summed E-state index contributed by atoms with van der Waals surface area (Å²) in [6.45, 7) is 10.1. The number of aromatic nitrogens is 8. The highest BCUT2D eigenvalue weighted by Gasteiger charge is 2.51. The molecule has 4 saturated heterocycles. The Morgan fingerprint density at radius 3 is 0.934 bits per heavy atom. The fraction of sp³-hybridized carbons (Fsp3) is 0.351. The molecule has 0 spiro atoms. The lowest BCUT2D eigenvalue weighted by molar-refractivity contribution is -0.144. The predicted octanol–water partition coefficient (Wildman–Crippen LogP) is 21.0. The van der Waals surface area contributed by atoms with Gasteiger partial charge in [-0.1, -0.05) is 57.9 Å². The number of halogens is 12. The number of carboxylic acids is 1. The van der Waals surface area contributed by atoms with E-state index in [1.807, 2.05) is 58.7 Å². The number of imidazole rings is 4. The monoisotopic (exact) mass is 1890 g/mol. The maximum Gasteiger partial charge on any atom is 0.416 e. The molecule has 4 aromatic heterocycles. The summed E-state index contributed by atoms with van der Waals surface area (Å²) in [6.07, 6.45) is -10.6. The molecule has 3 saturated carbocycles. The van der Waals surface area contributed by atoms with Crippen molar-refractivity contribution in [2.75, 3.05) is 93.5 Å². The number of cyclic esters (lactones) is 4. The third-order valence-electron chi connectivity index (χ3n) is 23.7. The fourth-order valence-electron chi connectivity index (χ4n) is 16.6. The number of alkyl halides is 12. The number of fused-ring (bicyclic) bond motifs is 4. The van der Waals surface area contributed by atoms with Gasteiger partial charge in [0.05, 0.1) is 98.2 Å². The van der Waals surface area contributed by atoms with Crippen LogP contribution in [0.3, 0.4) is 0 Å². The molecule has 0 bridgehead atoms. The normalized spacial score (nSPS) is 16.5. The van der Waals surface area contributed by atoms with Gasteiger partial charge < -0.3 is 42.3 Å². The molecule has 7 aliphatic rings. The number of hydrogen-bond acceptors (Lipinski definition) is 17. The van der Waals surface area contributed by atoms with Crippen LogP contribution in [-0.2, 0) is 61.5 Å². The second-order valence-electron chi connectivity index (χ2n) is 34.8. The molecule has 7 fully saturated rings. The molecule has 0 radical (unpaired) electrons. The molecule has 12 aromatic rings. The summed E-state index contributed by atoms with van der Waals surface area (Å²) in [5, 5.41) is 20.3. The minimum atomic E-state index is -4.62. The van der Waals surface area contributed by atoms with Gasteiger partial charge >= 0.3 is 55.0 Å². The number of benzene rings is 8. The highest BCUT2D eigenvalue weighted by molar-refractivity contribution is 6.08. The van der Waals surface area contributed by atoms with Crippen molar-refractivity contribution in [1.82, 2.24) is 38.2 Å². The van der Waals surface area contributed by atoms with Crippen molar-refractivity contribution in [3.8, 4) is 0 Å². The number of anilines is 8. The molecule has 8 aromatic carbocycles. The molecule has 3 aliphatic carbocycles. The van der Waals surface area contributed by atoms with E-state index in [1.165, 1.54) is 57.2 Å². The summed E-state index contributed by atoms with van der Waals surface area (Å²) in [6, 6.07) is 38.2. The maximum absolute atomic E-state index is 13.1. The molecule has 8 amide bonds. The number of aliphatic carboxylic acids is 1. The maximum atomic E-state index is 13.1. The first-order valence-electron chi connectivity index (χ1n) is 43.6. The summed E-state index contributed by atoms with van der Waals surface area (Å²) in [5.74, 6) is -3.08. The van der Waals surface area contributed by atoms with Gasteiger partial charge in [0.1, 0.15) is 0 Å². The molecular formula is C94H88F12N16O14. The van der Waals surface area contributed by atoms with Gasteiger partial charge in [0.25, 0.3) is 23.6 Å². The van der Waals surface area contributed by atoms with Gasteiger partial charge in [-0.25, -0.2) is 39.1 Å². The van der Waals surface area contributed by atoms with Crippen LogP contribution in [0, 0.1) is 10.8 Å². The number of nitrogens with one attached hydrogen (secondary N) is 4. The van der Waals surface area contributed by atoms with E-state index in [4.69, 9.17) is 18.9 Å². The molecule has 5 N–H and O–H groups in total. The van der Waals surface area contributed by atoms with Crippen molar-refractivity contribution < 1.29 is 120 Å². The first kappa shape index (κ1) is 94.4. The molecular weight excluding hydrogens is 1810 g/mol. The van der Waals surface area contributed by atoms with E-state index in [2.05, 4.69) is 41.2 Å². The number of amides is 8. The van der Waals surface area contributed by atoms with Crippen molar-refractivity contribution in [3.05, 3.63) is 214 Å². The van der Waals surface area contributed by atoms with E-state index >= 15 is 0 Å². The Hall–Kier alpha value is -14.8. The number of carbonyl (C=O) groups is 9. The first-order chi connectivity index (χ1) is 64.6. The van der Waals surface area contributed by atoms with Crippen LogP contribution >= 0.6 is 0 Å². The highest BCUT2D eigenvalue weighted by Crippen LogP contribution is 2.50. The van der Waals surface area contributed by atoms with Crippen LogP contribution < -0.4 is 40.9 Å². The van der Waals surface area contributed by atoms with Crippen LogP contribution in [0.5, 0.6) is 0 Å². The van der Waals surface area contributed by atoms with E-state index in [1.54, 1.807) is 58.0 Å². The lowest BCUT2D eigenvalue weighted by Gasteiger charge is -2.26. The Kier molecular flexibility index (Phi) is 26.3. The second-order valence-corrected chi connectivity index (χ2v) is 34.8. The van der Waals surface area contributed by atoms with Gasteiger partial charge in [0, 0.05) is 96.4 Å². The quantitative estimate of drug-likeness (QED) is 0.0393. The summed E-state index contributed by atoms with van der Waals surface area (Å²) >= 11 is 0. The van der Waals surface area contributed by atoms with Crippen molar-refractivity contribution in [2.24, 2.45) is 10.8 Å². The standard InChI is InChI=1S/C24H21F3N4O5.C24H23F3N4O3.C24H25F3N4O3.C22H19F3N4O3/c25-24(26,27)15-4-1-3-14(11-15)19(32)29-21-28-17-12-16(30-9-2-10-36-22(30)35)5-6-18(17)31(21)13-23(7-8-23)20(33)34;25-24(26,27)16-6-3-5-15(13-16)21(32)29-22-28-19-14-18(30-11-4-12-34-23(30)33)9-10-20(19)31(22)17-7-1-2-8-17;1-23(2,3)14-31-19-9-8-17(30-10-5-11-34-22(30)33)13-18(19)28-21(31)29-20(32)15-6-4-7-16(12-15)24(25,26)27;23-22(24,25)14-4-1-3-13(11-14)19(30)27-20-26-17-12-16(28-9-2-10-32-21(28)31)7-8-18(17)29(20)15-5-6-15/h1,3-6,11-12H,2,7-10,13H2,(H,33,34)(H,28,29,32);3,5-6,9-10,13-14,17H,1-2,4,7-8,11-12H2,(H,28,29,32);4,6-9,12-13H,5,10-11,14H2,1-3H3,(H,28,29,32);1,3-4,7-8,11-12,15H,2,5-6,9-10H2,(H,26,27,30). The van der Waals surface area contributed by atoms with E-state index in [9.17, 15) is 101 Å². The van der Waals surface area contributed by atoms with Crippen molar-refractivity contribution in [3.63, 3.8) is 0 Å². The van der Waals surface area contributed by atoms with Crippen LogP contribution in [0.25, 0.3) is 44.1 Å². The minimum Gasteiger partial charge on any atom is -0.481 e. The van der Waals surface area contributed by atoms with Gasteiger partial charge in [-0.3, -0.25) is 64.8 Å². The van der Waals surface area contributed by atoms with Crippen molar-refractivity contribution >= 4 is 145 Å². The second kappa shape index (κ2) is 37.9. The highest BCUT2D eigenvalue weighted by atomic mass is 19.4. The van der Waals surface area contributed by atoms with Gasteiger partial charge in [-0.2, -0.15) is 52.7 Å². The molecule has 42 heteroatoms. The summed E-state index contributed by atoms with van der Waals surface area (Å²) in [4.78, 5) is 136. The van der Waals surface area contributed by atoms with E-state index in [0.717, 1.165) is 123 Å². The molecule has 712 valence electrons. The number of carbonyl (C=O) groups excluding carboxylic acids is 8. The Bertz CT molecular complexity index is 6660. The Labute approximate surface area is 765 Å². The summed E-state index contributed by atoms with van der Waals surface area (Å²) in [5.41, 5.74) is 1.91. The third-order valence-corrected chi connectivity index (χ3v) is 23.7. The number of hydrogen-bond donors (Lipinski definition) is 5. The molecule has 0 unspecified atom stereocenters. The third kappa shape index (κ3) is 21.2. The number of rotatable bonds is 18. The zero-order chi connectivity index (χ0) is 96.7. The van der Waals surface area contributed by atoms with Gasteiger partial charge in [-0.05, 0) is 215 Å². The Balaban J connectivity index is 0.000000132. The number of carboxylic acid groups (broad SMARTS) is 1. The largest absolute Gasteiger partial charge is 0.481 e. The van der Waals surface area contributed by atoms with Crippen molar-refractivity contribution in [1.29, 1.82) is 0 Å². The smallest absolute Gasteiger partial charge is 0.416 e. The zero-order valence-electron chi connectivity index (χ0n) is 73.0. The van der Waals surface area contributed by atoms with E-state index in [-0.39, 0.29) is 70.1 Å². The topological polar surface area (TPSA) is 343 Å². The molecule has 19 rings (SSSR count). The average Bonchev–Trinajstić information content (AvgIpc) is 1.59. The van der Waals surface area contributed by atoms with Gasteiger partial charge in [-0.15, -0.1) is 0 Å². The van der Waals surface area contributed by atoms with Crippen LogP contribution in [0.15, 0.2) is 170 Å². The molecule has 4 aliphatic heterocycles. The summed E-state index contributed by atoms with van der Waals surface area (Å²) in [7, 11) is 0. The Morgan fingerprint density at radius 1 is 0.368 bits per heavy atom. The lowest BCUT2D eigenvalue weighted by atomic mass is 9.97. The number of nitrogens with zero attached hydrogens (tertiary/aromatic N) is 12. The molecule has 8 heterocycles. The zero-order valence-corrected chi connectivity index (χ0v) is 73.0. The van der Waals surface area contributed by atoms with Crippen molar-refractivity contribution in [2.45, 2.75) is 148 Å². The molecule has 136 heavy (non-hydrogen) atoms. The Morgan fingerprint density at radius 2 is 0.647 bits per heavy atom.